The minimum Gasteiger partial charge on any atom is -0.444 e. The number of methoxy groups -OCH3 is 1. The standard InChI is InChI=1S/C11H23NO4/c1-11(2,3)16-10(14)12-7-9(8-13)5-6-15-4/h9,13H,5-8H2,1-4H3,(H,12,14). The van der Waals surface area contributed by atoms with E-state index in [1.807, 2.05) is 0 Å². The Bertz CT molecular complexity index is 201. The number of alkyl carbamates (subject to hydrolysis) is 1. The predicted octanol–water partition coefficient (Wildman–Crippen LogP) is 1.16. The van der Waals surface area contributed by atoms with Crippen molar-refractivity contribution in [1.29, 1.82) is 0 Å². The Hall–Kier alpha value is -0.810. The maximum atomic E-state index is 11.3. The highest BCUT2D eigenvalue weighted by atomic mass is 16.6. The molecule has 0 rings (SSSR count). The first-order valence-corrected chi connectivity index (χ1v) is 5.45. The molecule has 0 saturated carbocycles. The fourth-order valence-corrected chi connectivity index (χ4v) is 1.08. The van der Waals surface area contributed by atoms with Crippen molar-refractivity contribution in [2.24, 2.45) is 5.92 Å². The first-order chi connectivity index (χ1) is 7.39. The lowest BCUT2D eigenvalue weighted by molar-refractivity contribution is 0.0505. The SMILES string of the molecule is COCCC(CO)CNC(=O)OC(C)(C)C. The fraction of sp³-hybridized carbons (Fsp3) is 0.909. The number of ether oxygens (including phenoxy) is 2. The first kappa shape index (κ1) is 15.2. The zero-order valence-electron chi connectivity index (χ0n) is 10.6. The quantitative estimate of drug-likeness (QED) is 0.722. The largest absolute Gasteiger partial charge is 0.444 e. The summed E-state index contributed by atoms with van der Waals surface area (Å²) in [7, 11) is 1.61. The van der Waals surface area contributed by atoms with E-state index in [9.17, 15) is 4.79 Å². The summed E-state index contributed by atoms with van der Waals surface area (Å²) in [5, 5.41) is 11.7. The molecule has 0 aromatic rings. The normalized spacial score (nSPS) is 13.3. The molecule has 0 radical (unpaired) electrons. The summed E-state index contributed by atoms with van der Waals surface area (Å²) < 4.78 is 9.98. The molecular formula is C11H23NO4. The van der Waals surface area contributed by atoms with Gasteiger partial charge in [0.05, 0.1) is 0 Å². The smallest absolute Gasteiger partial charge is 0.407 e. The van der Waals surface area contributed by atoms with Crippen molar-refractivity contribution in [3.05, 3.63) is 0 Å². The molecule has 0 aromatic carbocycles. The highest BCUT2D eigenvalue weighted by Gasteiger charge is 2.17. The zero-order valence-corrected chi connectivity index (χ0v) is 10.6. The summed E-state index contributed by atoms with van der Waals surface area (Å²) in [6.45, 7) is 6.41. The molecule has 96 valence electrons. The molecule has 0 fully saturated rings. The minimum atomic E-state index is -0.495. The van der Waals surface area contributed by atoms with Gasteiger partial charge in [-0.05, 0) is 27.2 Å². The van der Waals surface area contributed by atoms with Gasteiger partial charge in [-0.2, -0.15) is 0 Å². The number of hydrogen-bond acceptors (Lipinski definition) is 4. The van der Waals surface area contributed by atoms with Gasteiger partial charge >= 0.3 is 6.09 Å². The molecule has 0 heterocycles. The summed E-state index contributed by atoms with van der Waals surface area (Å²) in [6.07, 6.45) is 0.256. The molecule has 1 unspecified atom stereocenters. The Kier molecular flexibility index (Phi) is 7.08. The molecule has 0 bridgehead atoms. The van der Waals surface area contributed by atoms with Crippen molar-refractivity contribution in [2.75, 3.05) is 26.9 Å². The van der Waals surface area contributed by atoms with Crippen LogP contribution in [0.1, 0.15) is 27.2 Å². The molecule has 16 heavy (non-hydrogen) atoms. The molecule has 5 nitrogen and oxygen atoms in total. The average molecular weight is 233 g/mol. The Morgan fingerprint density at radius 2 is 2.06 bits per heavy atom. The van der Waals surface area contributed by atoms with Gasteiger partial charge < -0.3 is 19.9 Å². The number of hydrogen-bond donors (Lipinski definition) is 2. The van der Waals surface area contributed by atoms with Crippen molar-refractivity contribution < 1.29 is 19.4 Å². The van der Waals surface area contributed by atoms with Crippen molar-refractivity contribution >= 4 is 6.09 Å². The molecule has 1 atom stereocenters. The zero-order chi connectivity index (χ0) is 12.6. The third-order valence-electron chi connectivity index (χ3n) is 1.92. The third-order valence-corrected chi connectivity index (χ3v) is 1.92. The van der Waals surface area contributed by atoms with Crippen LogP contribution in [0.25, 0.3) is 0 Å². The average Bonchev–Trinajstić information content (AvgIpc) is 2.15. The number of aliphatic hydroxyl groups is 1. The van der Waals surface area contributed by atoms with Gasteiger partial charge in [0.15, 0.2) is 0 Å². The molecule has 0 spiro atoms. The Morgan fingerprint density at radius 3 is 2.50 bits per heavy atom. The summed E-state index contributed by atoms with van der Waals surface area (Å²) in [6, 6.07) is 0. The van der Waals surface area contributed by atoms with Crippen molar-refractivity contribution in [3.8, 4) is 0 Å². The Balaban J connectivity index is 3.79. The molecule has 0 aliphatic heterocycles. The topological polar surface area (TPSA) is 67.8 Å². The van der Waals surface area contributed by atoms with Crippen LogP contribution in [0.3, 0.4) is 0 Å². The van der Waals surface area contributed by atoms with E-state index in [0.717, 1.165) is 0 Å². The highest BCUT2D eigenvalue weighted by molar-refractivity contribution is 5.67. The number of carbonyl (C=O) groups is 1. The number of aliphatic hydroxyl groups excluding tert-OH is 1. The van der Waals surface area contributed by atoms with Crippen LogP contribution < -0.4 is 5.32 Å². The van der Waals surface area contributed by atoms with Crippen LogP contribution in [0.15, 0.2) is 0 Å². The monoisotopic (exact) mass is 233 g/mol. The van der Waals surface area contributed by atoms with Gasteiger partial charge in [0.25, 0.3) is 0 Å². The Labute approximate surface area is 97.1 Å². The van der Waals surface area contributed by atoms with Gasteiger partial charge in [0, 0.05) is 32.8 Å². The second kappa shape index (κ2) is 7.46. The van der Waals surface area contributed by atoms with Gasteiger partial charge in [-0.25, -0.2) is 4.79 Å². The Morgan fingerprint density at radius 1 is 1.44 bits per heavy atom. The second-order valence-corrected chi connectivity index (χ2v) is 4.71. The lowest BCUT2D eigenvalue weighted by atomic mass is 10.1. The second-order valence-electron chi connectivity index (χ2n) is 4.71. The van der Waals surface area contributed by atoms with Gasteiger partial charge in [0.1, 0.15) is 5.60 Å². The van der Waals surface area contributed by atoms with Crippen LogP contribution in [-0.2, 0) is 9.47 Å². The van der Waals surface area contributed by atoms with Gasteiger partial charge in [-0.15, -0.1) is 0 Å². The predicted molar refractivity (Wildman–Crippen MR) is 61.3 cm³/mol. The minimum absolute atomic E-state index is 0.00692. The van der Waals surface area contributed by atoms with Crippen molar-refractivity contribution in [1.82, 2.24) is 5.32 Å². The maximum Gasteiger partial charge on any atom is 0.407 e. The third kappa shape index (κ3) is 8.49. The van der Waals surface area contributed by atoms with Crippen LogP contribution in [0.5, 0.6) is 0 Å². The summed E-state index contributed by atoms with van der Waals surface area (Å²) in [4.78, 5) is 11.3. The molecule has 5 heteroatoms. The molecular weight excluding hydrogens is 210 g/mol. The van der Waals surface area contributed by atoms with Crippen molar-refractivity contribution in [2.45, 2.75) is 32.8 Å². The molecule has 0 saturated heterocycles. The lowest BCUT2D eigenvalue weighted by Gasteiger charge is -2.21. The van der Waals surface area contributed by atoms with E-state index in [2.05, 4.69) is 5.32 Å². The van der Waals surface area contributed by atoms with Gasteiger partial charge in [-0.3, -0.25) is 0 Å². The van der Waals surface area contributed by atoms with Crippen LogP contribution in [0.2, 0.25) is 0 Å². The summed E-state index contributed by atoms with van der Waals surface area (Å²) in [5.41, 5.74) is -0.495. The lowest BCUT2D eigenvalue weighted by Crippen LogP contribution is -2.36. The van der Waals surface area contributed by atoms with Crippen LogP contribution in [-0.4, -0.2) is 43.7 Å². The molecule has 2 N–H and O–H groups in total. The molecule has 1 amide bonds. The van der Waals surface area contributed by atoms with Crippen LogP contribution in [0.4, 0.5) is 4.79 Å². The van der Waals surface area contributed by atoms with E-state index in [-0.39, 0.29) is 12.5 Å². The number of carbonyl (C=O) groups excluding carboxylic acids is 1. The van der Waals surface area contributed by atoms with Crippen LogP contribution in [0, 0.1) is 5.92 Å². The van der Waals surface area contributed by atoms with Gasteiger partial charge in [-0.1, -0.05) is 0 Å². The van der Waals surface area contributed by atoms with Gasteiger partial charge in [0.2, 0.25) is 0 Å². The van der Waals surface area contributed by atoms with E-state index in [1.54, 1.807) is 27.9 Å². The highest BCUT2D eigenvalue weighted by Crippen LogP contribution is 2.07. The number of rotatable bonds is 6. The maximum absolute atomic E-state index is 11.3. The molecule has 0 aliphatic carbocycles. The molecule has 0 aromatic heterocycles. The first-order valence-electron chi connectivity index (χ1n) is 5.45. The number of nitrogens with one attached hydrogen (secondary N) is 1. The van der Waals surface area contributed by atoms with E-state index >= 15 is 0 Å². The number of amides is 1. The van der Waals surface area contributed by atoms with Crippen LogP contribution >= 0.6 is 0 Å². The van der Waals surface area contributed by atoms with E-state index in [0.29, 0.717) is 19.6 Å². The summed E-state index contributed by atoms with van der Waals surface area (Å²) in [5.74, 6) is 0.00692. The van der Waals surface area contributed by atoms with E-state index < -0.39 is 11.7 Å². The van der Waals surface area contributed by atoms with E-state index in [1.165, 1.54) is 0 Å². The van der Waals surface area contributed by atoms with Crippen molar-refractivity contribution in [3.63, 3.8) is 0 Å². The molecule has 0 aliphatic rings. The fourth-order valence-electron chi connectivity index (χ4n) is 1.08. The van der Waals surface area contributed by atoms with E-state index in [4.69, 9.17) is 14.6 Å². The summed E-state index contributed by atoms with van der Waals surface area (Å²) >= 11 is 0.